The van der Waals surface area contributed by atoms with Gasteiger partial charge in [-0.25, -0.2) is 0 Å². The monoisotopic (exact) mass is 459 g/mol. The number of nitrogens with zero attached hydrogens (tertiary/aromatic N) is 1. The number of rotatable bonds is 16. The zero-order chi connectivity index (χ0) is 23.2. The smallest absolute Gasteiger partial charge is 0.120 e. The highest BCUT2D eigenvalue weighted by Crippen LogP contribution is 2.28. The van der Waals surface area contributed by atoms with Crippen molar-refractivity contribution in [1.82, 2.24) is 5.32 Å². The van der Waals surface area contributed by atoms with Crippen molar-refractivity contribution in [1.29, 1.82) is 0 Å². The number of aldehydes is 1. The number of ether oxygens (including phenoxy) is 1. The molecule has 2 rings (SSSR count). The van der Waals surface area contributed by atoms with Crippen molar-refractivity contribution in [2.45, 2.75) is 46.1 Å². The van der Waals surface area contributed by atoms with E-state index in [9.17, 15) is 4.79 Å². The quantitative estimate of drug-likeness (QED) is 0.266. The Hall–Kier alpha value is -2.08. The molecule has 32 heavy (non-hydrogen) atoms. The van der Waals surface area contributed by atoms with Crippen LogP contribution < -0.4 is 15.5 Å². The summed E-state index contributed by atoms with van der Waals surface area (Å²) in [6.45, 7) is 9.36. The maximum absolute atomic E-state index is 10.6. The van der Waals surface area contributed by atoms with E-state index in [0.717, 1.165) is 85.9 Å². The predicted octanol–water partition coefficient (Wildman–Crippen LogP) is 5.23. The van der Waals surface area contributed by atoms with Crippen molar-refractivity contribution in [2.24, 2.45) is 0 Å². The Morgan fingerprint density at radius 3 is 2.75 bits per heavy atom. The van der Waals surface area contributed by atoms with E-state index in [0.29, 0.717) is 13.0 Å². The molecule has 0 aromatic heterocycles. The van der Waals surface area contributed by atoms with Crippen molar-refractivity contribution in [3.63, 3.8) is 0 Å². The SMILES string of the molecule is CCN(CCNCCCCOCc1ccc(CCC=O)c(NC)c1)c1cccc(C)c1Cl. The highest BCUT2D eigenvalue weighted by molar-refractivity contribution is 6.34. The van der Waals surface area contributed by atoms with Crippen LogP contribution in [0.25, 0.3) is 0 Å². The number of aryl methyl sites for hydroxylation is 2. The van der Waals surface area contributed by atoms with Gasteiger partial charge in [-0.1, -0.05) is 35.9 Å². The summed E-state index contributed by atoms with van der Waals surface area (Å²) in [6.07, 6.45) is 4.40. The summed E-state index contributed by atoms with van der Waals surface area (Å²) in [4.78, 5) is 12.9. The summed E-state index contributed by atoms with van der Waals surface area (Å²) >= 11 is 6.47. The lowest BCUT2D eigenvalue weighted by molar-refractivity contribution is -0.107. The molecule has 5 nitrogen and oxygen atoms in total. The predicted molar refractivity (Wildman–Crippen MR) is 136 cm³/mol. The molecule has 2 aromatic rings. The first-order chi connectivity index (χ1) is 15.6. The molecule has 0 bridgehead atoms. The Kier molecular flexibility index (Phi) is 12.2. The van der Waals surface area contributed by atoms with Crippen molar-refractivity contribution in [2.75, 3.05) is 50.1 Å². The fourth-order valence-electron chi connectivity index (χ4n) is 3.69. The molecule has 0 fully saturated rings. The van der Waals surface area contributed by atoms with E-state index in [1.807, 2.05) is 20.0 Å². The van der Waals surface area contributed by atoms with Gasteiger partial charge in [0.2, 0.25) is 0 Å². The van der Waals surface area contributed by atoms with Gasteiger partial charge in [0.1, 0.15) is 6.29 Å². The average Bonchev–Trinajstić information content (AvgIpc) is 2.81. The van der Waals surface area contributed by atoms with Gasteiger partial charge in [0, 0.05) is 45.4 Å². The third kappa shape index (κ3) is 8.45. The van der Waals surface area contributed by atoms with Crippen LogP contribution in [-0.4, -0.2) is 46.1 Å². The van der Waals surface area contributed by atoms with Crippen molar-refractivity contribution in [3.05, 3.63) is 58.1 Å². The molecule has 0 aliphatic rings. The standard InChI is InChI=1S/C26H38ClN3O2/c1-4-30(25-11-7-9-21(2)26(25)27)16-15-29-14-5-6-18-32-20-22-12-13-23(10-8-17-31)24(19-22)28-3/h7,9,11-13,17,19,28-29H,4-6,8,10,14-16,18,20H2,1-3H3. The Morgan fingerprint density at radius 2 is 2.00 bits per heavy atom. The van der Waals surface area contributed by atoms with E-state index in [2.05, 4.69) is 52.8 Å². The number of nitrogens with one attached hydrogen (secondary N) is 2. The van der Waals surface area contributed by atoms with Crippen molar-refractivity contribution >= 4 is 29.3 Å². The third-order valence-electron chi connectivity index (χ3n) is 5.59. The molecule has 2 N–H and O–H groups in total. The van der Waals surface area contributed by atoms with Gasteiger partial charge in [0.05, 0.1) is 17.3 Å². The molecule has 0 aliphatic heterocycles. The first-order valence-electron chi connectivity index (χ1n) is 11.6. The molecule has 0 saturated heterocycles. The number of halogens is 1. The van der Waals surface area contributed by atoms with Crippen LogP contribution in [0.15, 0.2) is 36.4 Å². The van der Waals surface area contributed by atoms with Crippen LogP contribution in [0.1, 0.15) is 42.9 Å². The summed E-state index contributed by atoms with van der Waals surface area (Å²) in [6, 6.07) is 12.5. The lowest BCUT2D eigenvalue weighted by atomic mass is 10.1. The Bertz CT molecular complexity index is 829. The van der Waals surface area contributed by atoms with Gasteiger partial charge in [0.25, 0.3) is 0 Å². The molecule has 0 amide bonds. The van der Waals surface area contributed by atoms with Crippen LogP contribution in [0.2, 0.25) is 5.02 Å². The third-order valence-corrected chi connectivity index (χ3v) is 6.08. The Morgan fingerprint density at radius 1 is 1.16 bits per heavy atom. The molecule has 6 heteroatoms. The summed E-state index contributed by atoms with van der Waals surface area (Å²) in [7, 11) is 1.91. The Balaban J connectivity index is 1.59. The minimum Gasteiger partial charge on any atom is -0.388 e. The second-order valence-electron chi connectivity index (χ2n) is 7.94. The van der Waals surface area contributed by atoms with Crippen LogP contribution in [0.5, 0.6) is 0 Å². The molecule has 2 aromatic carbocycles. The fourth-order valence-corrected chi connectivity index (χ4v) is 3.93. The van der Waals surface area contributed by atoms with Crippen molar-refractivity contribution < 1.29 is 9.53 Å². The first-order valence-corrected chi connectivity index (χ1v) is 12.0. The molecular formula is C26H38ClN3O2. The van der Waals surface area contributed by atoms with E-state index in [1.165, 1.54) is 5.56 Å². The lowest BCUT2D eigenvalue weighted by Gasteiger charge is -2.25. The van der Waals surface area contributed by atoms with E-state index >= 15 is 0 Å². The average molecular weight is 460 g/mol. The molecule has 0 unspecified atom stereocenters. The number of benzene rings is 2. The van der Waals surface area contributed by atoms with Crippen LogP contribution in [0, 0.1) is 6.92 Å². The molecule has 0 saturated carbocycles. The molecule has 0 atom stereocenters. The van der Waals surface area contributed by atoms with Gasteiger partial charge in [-0.2, -0.15) is 0 Å². The zero-order valence-electron chi connectivity index (χ0n) is 19.8. The highest BCUT2D eigenvalue weighted by Gasteiger charge is 2.09. The number of anilines is 2. The summed E-state index contributed by atoms with van der Waals surface area (Å²) in [5.74, 6) is 0. The van der Waals surface area contributed by atoms with Gasteiger partial charge in [-0.3, -0.25) is 0 Å². The second kappa shape index (κ2) is 14.9. The molecular weight excluding hydrogens is 422 g/mol. The van der Waals surface area contributed by atoms with Crippen LogP contribution >= 0.6 is 11.6 Å². The number of hydrogen-bond acceptors (Lipinski definition) is 5. The fraction of sp³-hybridized carbons (Fsp3) is 0.500. The molecule has 0 aliphatic carbocycles. The number of carbonyl (C=O) groups excluding carboxylic acids is 1. The molecule has 0 heterocycles. The van der Waals surface area contributed by atoms with Gasteiger partial charge in [-0.15, -0.1) is 0 Å². The second-order valence-corrected chi connectivity index (χ2v) is 8.32. The van der Waals surface area contributed by atoms with Gasteiger partial charge < -0.3 is 25.1 Å². The number of carbonyl (C=O) groups is 1. The normalized spacial score (nSPS) is 10.9. The molecule has 0 radical (unpaired) electrons. The largest absolute Gasteiger partial charge is 0.388 e. The van der Waals surface area contributed by atoms with Crippen LogP contribution in [0.4, 0.5) is 11.4 Å². The minimum absolute atomic E-state index is 0.550. The number of likely N-dealkylation sites (N-methyl/N-ethyl adjacent to an activating group) is 1. The van der Waals surface area contributed by atoms with E-state index < -0.39 is 0 Å². The topological polar surface area (TPSA) is 53.6 Å². The van der Waals surface area contributed by atoms with E-state index in [4.69, 9.17) is 16.3 Å². The maximum atomic E-state index is 10.6. The van der Waals surface area contributed by atoms with Gasteiger partial charge >= 0.3 is 0 Å². The van der Waals surface area contributed by atoms with E-state index in [-0.39, 0.29) is 0 Å². The lowest BCUT2D eigenvalue weighted by Crippen LogP contribution is -2.32. The van der Waals surface area contributed by atoms with Crippen molar-refractivity contribution in [3.8, 4) is 0 Å². The summed E-state index contributed by atoms with van der Waals surface area (Å²) in [5.41, 5.74) is 5.62. The molecule has 0 spiro atoms. The maximum Gasteiger partial charge on any atom is 0.120 e. The number of hydrogen-bond donors (Lipinski definition) is 2. The van der Waals surface area contributed by atoms with Crippen LogP contribution in [-0.2, 0) is 22.6 Å². The van der Waals surface area contributed by atoms with Gasteiger partial charge in [-0.05, 0) is 68.5 Å². The summed E-state index contributed by atoms with van der Waals surface area (Å²) < 4.78 is 5.85. The minimum atomic E-state index is 0.550. The van der Waals surface area contributed by atoms with E-state index in [1.54, 1.807) is 0 Å². The van der Waals surface area contributed by atoms with Crippen LogP contribution in [0.3, 0.4) is 0 Å². The first kappa shape index (κ1) is 26.2. The Labute approximate surface area is 198 Å². The summed E-state index contributed by atoms with van der Waals surface area (Å²) in [5, 5.41) is 7.59. The number of unbranched alkanes of at least 4 members (excludes halogenated alkanes) is 1. The zero-order valence-corrected chi connectivity index (χ0v) is 20.5. The van der Waals surface area contributed by atoms with Gasteiger partial charge in [0.15, 0.2) is 0 Å². The highest BCUT2D eigenvalue weighted by atomic mass is 35.5. The molecule has 176 valence electrons.